The molecule has 0 radical (unpaired) electrons. The molecule has 1 aliphatic rings. The molecule has 156 valence electrons. The van der Waals surface area contributed by atoms with Gasteiger partial charge in [0.05, 0.1) is 11.3 Å². The number of benzene rings is 1. The average Bonchev–Trinajstić information content (AvgIpc) is 3.40. The summed E-state index contributed by atoms with van der Waals surface area (Å²) in [6.07, 6.45) is 7.67. The Labute approximate surface area is 183 Å². The molecule has 0 bridgehead atoms. The smallest absolute Gasteiger partial charge is 0.182 e. The molecule has 4 aromatic rings. The van der Waals surface area contributed by atoms with Crippen LogP contribution in [-0.2, 0) is 6.42 Å². The van der Waals surface area contributed by atoms with E-state index in [2.05, 4.69) is 34.8 Å². The molecule has 5 rings (SSSR count). The highest BCUT2D eigenvalue weighted by molar-refractivity contribution is 6.30. The summed E-state index contributed by atoms with van der Waals surface area (Å²) in [6.45, 7) is 1.78. The maximum atomic E-state index is 13.3. The van der Waals surface area contributed by atoms with Crippen LogP contribution in [0.1, 0.15) is 35.8 Å². The van der Waals surface area contributed by atoms with Crippen molar-refractivity contribution in [1.29, 1.82) is 0 Å². The quantitative estimate of drug-likeness (QED) is 0.487. The second-order valence-electron chi connectivity index (χ2n) is 7.28. The van der Waals surface area contributed by atoms with Gasteiger partial charge >= 0.3 is 0 Å². The maximum absolute atomic E-state index is 13.3. The lowest BCUT2D eigenvalue weighted by molar-refractivity contribution is 0.486. The van der Waals surface area contributed by atoms with Crippen molar-refractivity contribution >= 4 is 41.0 Å². The summed E-state index contributed by atoms with van der Waals surface area (Å²) in [4.78, 5) is 26.3. The van der Waals surface area contributed by atoms with Crippen molar-refractivity contribution in [3.05, 3.63) is 65.0 Å². The zero-order valence-electron chi connectivity index (χ0n) is 16.0. The molecule has 3 aromatic heterocycles. The first-order valence-electron chi connectivity index (χ1n) is 9.54. The van der Waals surface area contributed by atoms with Gasteiger partial charge in [-0.3, -0.25) is 0 Å². The van der Waals surface area contributed by atoms with Gasteiger partial charge in [0.25, 0.3) is 0 Å². The number of aromatic amines is 2. The molecule has 0 saturated carbocycles. The van der Waals surface area contributed by atoms with Gasteiger partial charge in [-0.25, -0.2) is 24.3 Å². The molecule has 0 amide bonds. The summed E-state index contributed by atoms with van der Waals surface area (Å²) < 4.78 is 13.3. The number of fused-ring (bicyclic) bond motifs is 1. The van der Waals surface area contributed by atoms with Gasteiger partial charge < -0.3 is 14.9 Å². The molecule has 0 unspecified atom stereocenters. The van der Waals surface area contributed by atoms with Crippen molar-refractivity contribution < 1.29 is 4.39 Å². The minimum Gasteiger partial charge on any atom is -0.355 e. The number of halogens is 3. The summed E-state index contributed by atoms with van der Waals surface area (Å²) >= 11 is 5.88. The lowest BCUT2D eigenvalue weighted by atomic mass is 9.96. The molecule has 1 fully saturated rings. The van der Waals surface area contributed by atoms with Crippen molar-refractivity contribution in [2.75, 3.05) is 18.0 Å². The first-order valence-corrected chi connectivity index (χ1v) is 9.92. The number of piperidine rings is 1. The third kappa shape index (κ3) is 3.97. The topological polar surface area (TPSA) is 86.4 Å². The molecule has 0 aliphatic carbocycles. The van der Waals surface area contributed by atoms with Crippen molar-refractivity contribution in [2.24, 2.45) is 0 Å². The van der Waals surface area contributed by atoms with Crippen molar-refractivity contribution in [2.45, 2.75) is 25.2 Å². The molecule has 7 nitrogen and oxygen atoms in total. The Hall–Kier alpha value is -2.71. The maximum Gasteiger partial charge on any atom is 0.182 e. The predicted molar refractivity (Wildman–Crippen MR) is 116 cm³/mol. The molecule has 4 heterocycles. The number of anilines is 1. The molecule has 30 heavy (non-hydrogen) atoms. The van der Waals surface area contributed by atoms with Crippen molar-refractivity contribution in [1.82, 2.24) is 29.9 Å². The normalized spacial score (nSPS) is 14.8. The lowest BCUT2D eigenvalue weighted by Gasteiger charge is -2.32. The van der Waals surface area contributed by atoms with E-state index in [-0.39, 0.29) is 17.4 Å². The van der Waals surface area contributed by atoms with Crippen LogP contribution in [0.3, 0.4) is 0 Å². The van der Waals surface area contributed by atoms with Crippen molar-refractivity contribution in [3.63, 3.8) is 0 Å². The average molecular weight is 448 g/mol. The van der Waals surface area contributed by atoms with Crippen LogP contribution in [-0.4, -0.2) is 43.0 Å². The van der Waals surface area contributed by atoms with E-state index in [0.717, 1.165) is 54.3 Å². The minimum absolute atomic E-state index is 0. The van der Waals surface area contributed by atoms with E-state index in [1.807, 2.05) is 6.20 Å². The van der Waals surface area contributed by atoms with Crippen LogP contribution < -0.4 is 4.90 Å². The molecule has 0 atom stereocenters. The second kappa shape index (κ2) is 8.57. The van der Waals surface area contributed by atoms with Crippen LogP contribution in [0.2, 0.25) is 5.02 Å². The van der Waals surface area contributed by atoms with E-state index < -0.39 is 5.82 Å². The van der Waals surface area contributed by atoms with Gasteiger partial charge in [0, 0.05) is 37.3 Å². The first kappa shape index (κ1) is 20.6. The number of hydrogen-bond donors (Lipinski definition) is 2. The summed E-state index contributed by atoms with van der Waals surface area (Å²) in [6, 6.07) is 4.81. The zero-order chi connectivity index (χ0) is 19.8. The SMILES string of the molecule is Cl.Fc1ccc(Cc2cnc(C3CCN(c4ncnc5nc[nH]c45)CC3)[nH]2)cc1Cl. The van der Waals surface area contributed by atoms with Gasteiger partial charge in [-0.1, -0.05) is 17.7 Å². The number of imidazole rings is 2. The predicted octanol–water partition coefficient (Wildman–Crippen LogP) is 4.27. The number of aromatic nitrogens is 6. The van der Waals surface area contributed by atoms with E-state index in [4.69, 9.17) is 11.6 Å². The third-order valence-corrected chi connectivity index (χ3v) is 5.70. The summed E-state index contributed by atoms with van der Waals surface area (Å²) in [5.74, 6) is 1.88. The monoisotopic (exact) mass is 447 g/mol. The molecular formula is C20H20Cl2FN7. The Morgan fingerprint density at radius 1 is 1.13 bits per heavy atom. The van der Waals surface area contributed by atoms with Crippen LogP contribution in [0, 0.1) is 5.82 Å². The number of rotatable bonds is 4. The van der Waals surface area contributed by atoms with Gasteiger partial charge in [-0.15, -0.1) is 12.4 Å². The van der Waals surface area contributed by atoms with E-state index in [1.165, 1.54) is 6.07 Å². The van der Waals surface area contributed by atoms with Gasteiger partial charge in [-0.2, -0.15) is 0 Å². The van der Waals surface area contributed by atoms with Crippen LogP contribution in [0.15, 0.2) is 37.1 Å². The standard InChI is InChI=1S/C20H19ClFN7.ClH/c21-15-8-12(1-2-16(15)22)7-14-9-23-18(28-14)13-3-5-29(6-4-13)20-17-19(25-10-24-17)26-11-27-20;/h1-2,8-11,13H,3-7H2,(H,23,28)(H,24,25,26,27);1H. The molecule has 1 aromatic carbocycles. The minimum atomic E-state index is -0.399. The van der Waals surface area contributed by atoms with Crippen LogP contribution >= 0.6 is 24.0 Å². The molecule has 10 heteroatoms. The highest BCUT2D eigenvalue weighted by atomic mass is 35.5. The Morgan fingerprint density at radius 3 is 2.77 bits per heavy atom. The van der Waals surface area contributed by atoms with Crippen LogP contribution in [0.4, 0.5) is 10.2 Å². The van der Waals surface area contributed by atoms with Crippen LogP contribution in [0.25, 0.3) is 11.2 Å². The number of nitrogens with zero attached hydrogens (tertiary/aromatic N) is 5. The first-order chi connectivity index (χ1) is 14.2. The Bertz CT molecular complexity index is 1150. The summed E-state index contributed by atoms with van der Waals surface area (Å²) in [5, 5.41) is 0.144. The fourth-order valence-corrected chi connectivity index (χ4v) is 4.10. The highest BCUT2D eigenvalue weighted by Crippen LogP contribution is 2.30. The second-order valence-corrected chi connectivity index (χ2v) is 7.69. The fourth-order valence-electron chi connectivity index (χ4n) is 3.90. The summed E-state index contributed by atoms with van der Waals surface area (Å²) in [7, 11) is 0. The lowest BCUT2D eigenvalue weighted by Crippen LogP contribution is -2.34. The number of hydrogen-bond acceptors (Lipinski definition) is 5. The Morgan fingerprint density at radius 2 is 1.97 bits per heavy atom. The van der Waals surface area contributed by atoms with Crippen molar-refractivity contribution in [3.8, 4) is 0 Å². The molecule has 0 spiro atoms. The Balaban J connectivity index is 0.00000218. The molecule has 1 aliphatic heterocycles. The Kier molecular flexibility index (Phi) is 5.87. The van der Waals surface area contributed by atoms with Crippen LogP contribution in [0.5, 0.6) is 0 Å². The molecule has 1 saturated heterocycles. The number of H-pyrrole nitrogens is 2. The number of nitrogens with one attached hydrogen (secondary N) is 2. The third-order valence-electron chi connectivity index (χ3n) is 5.41. The van der Waals surface area contributed by atoms with E-state index >= 15 is 0 Å². The summed E-state index contributed by atoms with van der Waals surface area (Å²) in [5.41, 5.74) is 3.52. The zero-order valence-corrected chi connectivity index (χ0v) is 17.5. The van der Waals surface area contributed by atoms with Gasteiger partial charge in [0.1, 0.15) is 23.5 Å². The molecule has 2 N–H and O–H groups in total. The van der Waals surface area contributed by atoms with Gasteiger partial charge in [0.2, 0.25) is 0 Å². The van der Waals surface area contributed by atoms with Gasteiger partial charge in [-0.05, 0) is 30.5 Å². The van der Waals surface area contributed by atoms with Gasteiger partial charge in [0.15, 0.2) is 11.5 Å². The van der Waals surface area contributed by atoms with E-state index in [0.29, 0.717) is 18.0 Å². The van der Waals surface area contributed by atoms with E-state index in [1.54, 1.807) is 24.8 Å². The highest BCUT2D eigenvalue weighted by Gasteiger charge is 2.25. The molecular weight excluding hydrogens is 428 g/mol. The van der Waals surface area contributed by atoms with E-state index in [9.17, 15) is 4.39 Å². The largest absolute Gasteiger partial charge is 0.355 e. The fraction of sp³-hybridized carbons (Fsp3) is 0.300.